The van der Waals surface area contributed by atoms with E-state index in [1.54, 1.807) is 30.3 Å². The Morgan fingerprint density at radius 2 is 1.70 bits per heavy atom. The molecule has 9 nitrogen and oxygen atoms in total. The number of hydrogen-bond acceptors (Lipinski definition) is 8. The van der Waals surface area contributed by atoms with Crippen LogP contribution in [0.2, 0.25) is 0 Å². The predicted octanol–water partition coefficient (Wildman–Crippen LogP) is 1.82. The highest BCUT2D eigenvalue weighted by Crippen LogP contribution is 2.43. The fourth-order valence-electron chi connectivity index (χ4n) is 3.60. The number of ether oxygens (including phenoxy) is 2. The molecular weight excluding hydrogens is 431 g/mol. The summed E-state index contributed by atoms with van der Waals surface area (Å²) in [6.07, 6.45) is 0. The number of methoxy groups -OCH3 is 2. The molecule has 1 heterocycles. The monoisotopic (exact) mass is 450 g/mol. The van der Waals surface area contributed by atoms with Crippen molar-refractivity contribution < 1.29 is 28.2 Å². The summed E-state index contributed by atoms with van der Waals surface area (Å²) in [5, 5.41) is 9.95. The van der Waals surface area contributed by atoms with Crippen LogP contribution in [0.15, 0.2) is 71.2 Å². The zero-order valence-electron chi connectivity index (χ0n) is 17.7. The Balaban J connectivity index is 2.46. The van der Waals surface area contributed by atoms with Gasteiger partial charge in [0.05, 0.1) is 43.0 Å². The van der Waals surface area contributed by atoms with E-state index in [0.29, 0.717) is 5.56 Å². The quantitative estimate of drug-likeness (QED) is 0.655. The third-order valence-electron chi connectivity index (χ3n) is 5.08. The van der Waals surface area contributed by atoms with Gasteiger partial charge in [0.1, 0.15) is 17.3 Å². The molecule has 1 atom stereocenters. The highest BCUT2D eigenvalue weighted by Gasteiger charge is 2.43. The molecular formula is C23H19FN4O5. The number of allylic oxidation sites excluding steroid dienone is 1. The third-order valence-corrected chi connectivity index (χ3v) is 5.08. The average molecular weight is 450 g/mol. The maximum atomic E-state index is 14.9. The van der Waals surface area contributed by atoms with Gasteiger partial charge >= 0.3 is 11.9 Å². The van der Waals surface area contributed by atoms with Gasteiger partial charge in [-0.05, 0) is 23.8 Å². The lowest BCUT2D eigenvalue weighted by atomic mass is 9.81. The fraction of sp³-hybridized carbons (Fsp3) is 0.130. The molecule has 1 amide bonds. The van der Waals surface area contributed by atoms with Crippen LogP contribution in [-0.2, 0) is 19.1 Å². The van der Waals surface area contributed by atoms with Gasteiger partial charge in [-0.1, -0.05) is 30.3 Å². The Labute approximate surface area is 188 Å². The first-order chi connectivity index (χ1) is 15.8. The maximum absolute atomic E-state index is 14.9. The Morgan fingerprint density at radius 1 is 1.06 bits per heavy atom. The van der Waals surface area contributed by atoms with E-state index < -0.39 is 35.3 Å². The Bertz CT molecular complexity index is 1250. The number of nitrogens with two attached hydrogens (primary N) is 2. The highest BCUT2D eigenvalue weighted by molar-refractivity contribution is 6.06. The number of nitrogens with zero attached hydrogens (tertiary/aromatic N) is 2. The predicted molar refractivity (Wildman–Crippen MR) is 114 cm³/mol. The molecule has 2 aromatic carbocycles. The smallest absolute Gasteiger partial charge is 0.355 e. The lowest BCUT2D eigenvalue weighted by molar-refractivity contribution is -0.139. The fourth-order valence-corrected chi connectivity index (χ4v) is 3.60. The van der Waals surface area contributed by atoms with Crippen LogP contribution in [0.4, 0.5) is 10.1 Å². The number of amides is 1. The number of carbonyl (C=O) groups is 3. The summed E-state index contributed by atoms with van der Waals surface area (Å²) in [7, 11) is 2.16. The molecule has 0 fully saturated rings. The minimum Gasteiger partial charge on any atom is -0.466 e. The van der Waals surface area contributed by atoms with Crippen LogP contribution < -0.4 is 16.4 Å². The second-order valence-corrected chi connectivity index (χ2v) is 6.87. The Morgan fingerprint density at radius 3 is 2.24 bits per heavy atom. The number of esters is 2. The molecule has 0 saturated carbocycles. The van der Waals surface area contributed by atoms with E-state index in [4.69, 9.17) is 20.9 Å². The van der Waals surface area contributed by atoms with Gasteiger partial charge in [0.2, 0.25) is 5.91 Å². The number of nitriles is 1. The molecule has 168 valence electrons. The summed E-state index contributed by atoms with van der Waals surface area (Å²) in [6.45, 7) is 0. The van der Waals surface area contributed by atoms with Gasteiger partial charge in [0, 0.05) is 5.56 Å². The molecule has 3 rings (SSSR count). The second kappa shape index (κ2) is 9.23. The number of rotatable bonds is 5. The summed E-state index contributed by atoms with van der Waals surface area (Å²) in [5.41, 5.74) is 10.7. The summed E-state index contributed by atoms with van der Waals surface area (Å²) in [6, 6.07) is 13.5. The van der Waals surface area contributed by atoms with Gasteiger partial charge in [0.25, 0.3) is 0 Å². The zero-order chi connectivity index (χ0) is 24.3. The zero-order valence-corrected chi connectivity index (χ0v) is 17.7. The molecule has 1 aliphatic heterocycles. The van der Waals surface area contributed by atoms with Crippen molar-refractivity contribution >= 4 is 23.5 Å². The van der Waals surface area contributed by atoms with Crippen molar-refractivity contribution in [1.29, 1.82) is 5.26 Å². The molecule has 2 aromatic rings. The number of anilines is 1. The van der Waals surface area contributed by atoms with Crippen molar-refractivity contribution in [3.8, 4) is 6.07 Å². The van der Waals surface area contributed by atoms with E-state index >= 15 is 0 Å². The van der Waals surface area contributed by atoms with E-state index in [0.717, 1.165) is 37.3 Å². The van der Waals surface area contributed by atoms with Crippen LogP contribution >= 0.6 is 0 Å². The normalized spacial score (nSPS) is 15.7. The SMILES string of the molecule is COC(=O)C1=C(C(=O)OC)N(c2cc(C(N)=O)ccc2F)C(N)=C(C#N)C1c1ccccc1. The molecule has 0 radical (unpaired) electrons. The van der Waals surface area contributed by atoms with Crippen LogP contribution in [0.25, 0.3) is 0 Å². The summed E-state index contributed by atoms with van der Waals surface area (Å²) >= 11 is 0. The van der Waals surface area contributed by atoms with E-state index in [1.807, 2.05) is 6.07 Å². The first-order valence-electron chi connectivity index (χ1n) is 9.51. The molecule has 0 spiro atoms. The number of primary amides is 1. The van der Waals surface area contributed by atoms with Gasteiger partial charge in [0.15, 0.2) is 0 Å². The van der Waals surface area contributed by atoms with Crippen molar-refractivity contribution in [3.63, 3.8) is 0 Å². The molecule has 10 heteroatoms. The lowest BCUT2D eigenvalue weighted by Crippen LogP contribution is -2.41. The number of carbonyl (C=O) groups excluding carboxylic acids is 3. The molecule has 4 N–H and O–H groups in total. The van der Waals surface area contributed by atoms with Gasteiger partial charge in [-0.2, -0.15) is 5.26 Å². The van der Waals surface area contributed by atoms with Gasteiger partial charge in [-0.15, -0.1) is 0 Å². The Kier molecular flexibility index (Phi) is 6.44. The molecule has 0 bridgehead atoms. The van der Waals surface area contributed by atoms with Crippen molar-refractivity contribution in [1.82, 2.24) is 0 Å². The van der Waals surface area contributed by atoms with Crippen molar-refractivity contribution in [2.24, 2.45) is 11.5 Å². The standard InChI is InChI=1S/C23H19FN4O5/c1-32-22(30)18-17(12-6-4-3-5-7-12)14(11-25)20(26)28(19(18)23(31)33-2)16-10-13(21(27)29)8-9-15(16)24/h3-10,17H,26H2,1-2H3,(H2,27,29). The number of hydrogen-bond donors (Lipinski definition) is 2. The van der Waals surface area contributed by atoms with Gasteiger partial charge in [-0.3, -0.25) is 9.69 Å². The topological polar surface area (TPSA) is 149 Å². The van der Waals surface area contributed by atoms with Crippen LogP contribution in [-0.4, -0.2) is 32.1 Å². The number of halogens is 1. The van der Waals surface area contributed by atoms with E-state index in [2.05, 4.69) is 0 Å². The molecule has 0 aromatic heterocycles. The minimum absolute atomic E-state index is 0.0910. The first-order valence-corrected chi connectivity index (χ1v) is 9.51. The summed E-state index contributed by atoms with van der Waals surface area (Å²) < 4.78 is 24.7. The molecule has 1 unspecified atom stereocenters. The summed E-state index contributed by atoms with van der Waals surface area (Å²) in [4.78, 5) is 38.4. The summed E-state index contributed by atoms with van der Waals surface area (Å²) in [5.74, 6) is -5.20. The van der Waals surface area contributed by atoms with Gasteiger partial charge < -0.3 is 20.9 Å². The minimum atomic E-state index is -1.10. The molecule has 0 saturated heterocycles. The molecule has 0 aliphatic carbocycles. The van der Waals surface area contributed by atoms with E-state index in [-0.39, 0.29) is 28.2 Å². The maximum Gasteiger partial charge on any atom is 0.355 e. The molecule has 33 heavy (non-hydrogen) atoms. The van der Waals surface area contributed by atoms with E-state index in [9.17, 15) is 24.0 Å². The van der Waals surface area contributed by atoms with Gasteiger partial charge in [-0.25, -0.2) is 14.0 Å². The largest absolute Gasteiger partial charge is 0.466 e. The van der Waals surface area contributed by atoms with E-state index in [1.165, 1.54) is 0 Å². The highest BCUT2D eigenvalue weighted by atomic mass is 19.1. The van der Waals surface area contributed by atoms with Crippen LogP contribution in [0, 0.1) is 17.1 Å². The van der Waals surface area contributed by atoms with Crippen molar-refractivity contribution in [3.05, 3.63) is 88.1 Å². The van der Waals surface area contributed by atoms with Crippen molar-refractivity contribution in [2.45, 2.75) is 5.92 Å². The van der Waals surface area contributed by atoms with Crippen LogP contribution in [0.5, 0.6) is 0 Å². The Hall–Kier alpha value is -4.65. The second-order valence-electron chi connectivity index (χ2n) is 6.87. The number of benzene rings is 2. The van der Waals surface area contributed by atoms with Crippen LogP contribution in [0.3, 0.4) is 0 Å². The lowest BCUT2D eigenvalue weighted by Gasteiger charge is -2.36. The van der Waals surface area contributed by atoms with Crippen LogP contribution in [0.1, 0.15) is 21.8 Å². The van der Waals surface area contributed by atoms with Crippen molar-refractivity contribution in [2.75, 3.05) is 19.1 Å². The first kappa shape index (κ1) is 23.0. The average Bonchev–Trinajstić information content (AvgIpc) is 2.83. The third kappa shape index (κ3) is 3.99. The molecule has 1 aliphatic rings.